The van der Waals surface area contributed by atoms with E-state index in [9.17, 15) is 9.59 Å². The standard InChI is InChI=1S/C15H19NO4/c1-20-14(11-5-3-2-4-6-11)15(19)16(12-7-8-12)10-9-13(17)18/h2-6,12,14H,7-10H2,1H3,(H,17,18). The van der Waals surface area contributed by atoms with Crippen LogP contribution in [-0.2, 0) is 14.3 Å². The van der Waals surface area contributed by atoms with Gasteiger partial charge in [-0.05, 0) is 18.4 Å². The molecule has 1 amide bonds. The zero-order valence-electron chi connectivity index (χ0n) is 11.5. The van der Waals surface area contributed by atoms with E-state index in [1.54, 1.807) is 4.90 Å². The molecule has 1 aromatic rings. The molecule has 0 aliphatic heterocycles. The van der Waals surface area contributed by atoms with Crippen LogP contribution in [0.1, 0.15) is 30.9 Å². The minimum atomic E-state index is -0.892. The van der Waals surface area contributed by atoms with Gasteiger partial charge >= 0.3 is 5.97 Å². The third kappa shape index (κ3) is 3.57. The van der Waals surface area contributed by atoms with Crippen molar-refractivity contribution in [1.82, 2.24) is 4.90 Å². The van der Waals surface area contributed by atoms with Crippen molar-refractivity contribution in [3.63, 3.8) is 0 Å². The third-order valence-electron chi connectivity index (χ3n) is 3.40. The van der Waals surface area contributed by atoms with Crippen LogP contribution in [0.4, 0.5) is 0 Å². The van der Waals surface area contributed by atoms with Crippen molar-refractivity contribution in [2.45, 2.75) is 31.4 Å². The van der Waals surface area contributed by atoms with Crippen molar-refractivity contribution in [3.8, 4) is 0 Å². The van der Waals surface area contributed by atoms with E-state index in [0.717, 1.165) is 18.4 Å². The number of carbonyl (C=O) groups is 2. The maximum absolute atomic E-state index is 12.6. The van der Waals surface area contributed by atoms with E-state index in [1.807, 2.05) is 30.3 Å². The number of carboxylic acids is 1. The van der Waals surface area contributed by atoms with E-state index >= 15 is 0 Å². The average Bonchev–Trinajstić information content (AvgIpc) is 3.25. The number of carbonyl (C=O) groups excluding carboxylic acids is 1. The lowest BCUT2D eigenvalue weighted by molar-refractivity contribution is -0.144. The van der Waals surface area contributed by atoms with Gasteiger partial charge in [-0.2, -0.15) is 0 Å². The van der Waals surface area contributed by atoms with Crippen LogP contribution in [0.15, 0.2) is 30.3 Å². The molecule has 0 aromatic heterocycles. The summed E-state index contributed by atoms with van der Waals surface area (Å²) in [7, 11) is 1.50. The fourth-order valence-corrected chi connectivity index (χ4v) is 2.23. The summed E-state index contributed by atoms with van der Waals surface area (Å²) in [6.45, 7) is 0.242. The van der Waals surface area contributed by atoms with Gasteiger partial charge in [0.1, 0.15) is 0 Å². The number of benzene rings is 1. The molecule has 0 saturated heterocycles. The van der Waals surface area contributed by atoms with Crippen molar-refractivity contribution in [2.24, 2.45) is 0 Å². The first-order chi connectivity index (χ1) is 9.63. The summed E-state index contributed by atoms with van der Waals surface area (Å²) < 4.78 is 5.33. The van der Waals surface area contributed by atoms with Gasteiger partial charge in [-0.25, -0.2) is 0 Å². The summed E-state index contributed by atoms with van der Waals surface area (Å²) in [6.07, 6.45) is 1.19. The maximum Gasteiger partial charge on any atom is 0.305 e. The highest BCUT2D eigenvalue weighted by Gasteiger charge is 2.36. The molecular weight excluding hydrogens is 258 g/mol. The van der Waals surface area contributed by atoms with Crippen LogP contribution in [0.2, 0.25) is 0 Å². The Bertz CT molecular complexity index is 470. The molecule has 0 bridgehead atoms. The zero-order valence-corrected chi connectivity index (χ0v) is 11.5. The summed E-state index contributed by atoms with van der Waals surface area (Å²) in [5, 5.41) is 8.79. The van der Waals surface area contributed by atoms with Crippen LogP contribution in [0.3, 0.4) is 0 Å². The molecule has 1 saturated carbocycles. The number of carboxylic acid groups (broad SMARTS) is 1. The summed E-state index contributed by atoms with van der Waals surface area (Å²) >= 11 is 0. The quantitative estimate of drug-likeness (QED) is 0.825. The smallest absolute Gasteiger partial charge is 0.305 e. The average molecular weight is 277 g/mol. The fourth-order valence-electron chi connectivity index (χ4n) is 2.23. The largest absolute Gasteiger partial charge is 0.481 e. The molecule has 0 spiro atoms. The minimum absolute atomic E-state index is 0.0343. The van der Waals surface area contributed by atoms with Crippen LogP contribution >= 0.6 is 0 Å². The Balaban J connectivity index is 2.10. The Morgan fingerprint density at radius 1 is 1.35 bits per heavy atom. The second-order valence-corrected chi connectivity index (χ2v) is 4.93. The minimum Gasteiger partial charge on any atom is -0.481 e. The van der Waals surface area contributed by atoms with Crippen molar-refractivity contribution in [3.05, 3.63) is 35.9 Å². The molecule has 1 aromatic carbocycles. The van der Waals surface area contributed by atoms with E-state index in [-0.39, 0.29) is 24.9 Å². The first kappa shape index (κ1) is 14.5. The highest BCUT2D eigenvalue weighted by atomic mass is 16.5. The van der Waals surface area contributed by atoms with E-state index in [2.05, 4.69) is 0 Å². The van der Waals surface area contributed by atoms with E-state index in [4.69, 9.17) is 9.84 Å². The lowest BCUT2D eigenvalue weighted by Gasteiger charge is -2.26. The van der Waals surface area contributed by atoms with Gasteiger partial charge in [0.05, 0.1) is 6.42 Å². The summed E-state index contributed by atoms with van der Waals surface area (Å²) in [4.78, 5) is 24.9. The number of ether oxygens (including phenoxy) is 1. The number of hydrogen-bond donors (Lipinski definition) is 1. The lowest BCUT2D eigenvalue weighted by atomic mass is 10.1. The predicted octanol–water partition coefficient (Wildman–Crippen LogP) is 1.84. The highest BCUT2D eigenvalue weighted by Crippen LogP contribution is 2.30. The van der Waals surface area contributed by atoms with Crippen molar-refractivity contribution in [1.29, 1.82) is 0 Å². The van der Waals surface area contributed by atoms with Crippen molar-refractivity contribution < 1.29 is 19.4 Å². The Kier molecular flexibility index (Phi) is 4.74. The predicted molar refractivity (Wildman–Crippen MR) is 73.2 cm³/mol. The summed E-state index contributed by atoms with van der Waals surface area (Å²) in [6, 6.07) is 9.44. The Labute approximate surface area is 118 Å². The molecule has 1 N–H and O–H groups in total. The SMILES string of the molecule is COC(C(=O)N(CCC(=O)O)C1CC1)c1ccccc1. The molecule has 108 valence electrons. The molecule has 1 aliphatic carbocycles. The van der Waals surface area contributed by atoms with Gasteiger partial charge in [0.2, 0.25) is 0 Å². The Morgan fingerprint density at radius 3 is 2.50 bits per heavy atom. The molecule has 1 unspecified atom stereocenters. The first-order valence-corrected chi connectivity index (χ1v) is 6.73. The third-order valence-corrected chi connectivity index (χ3v) is 3.40. The molecule has 5 heteroatoms. The van der Waals surface area contributed by atoms with E-state index in [1.165, 1.54) is 7.11 Å². The van der Waals surface area contributed by atoms with Gasteiger partial charge in [0.15, 0.2) is 6.10 Å². The molecule has 0 heterocycles. The number of hydrogen-bond acceptors (Lipinski definition) is 3. The summed E-state index contributed by atoms with van der Waals surface area (Å²) in [5.74, 6) is -1.04. The summed E-state index contributed by atoms with van der Waals surface area (Å²) in [5.41, 5.74) is 0.793. The number of methoxy groups -OCH3 is 1. The van der Waals surface area contributed by atoms with Crippen LogP contribution < -0.4 is 0 Å². The highest BCUT2D eigenvalue weighted by molar-refractivity contribution is 5.83. The van der Waals surface area contributed by atoms with Gasteiger partial charge < -0.3 is 14.7 Å². The van der Waals surface area contributed by atoms with Crippen molar-refractivity contribution >= 4 is 11.9 Å². The van der Waals surface area contributed by atoms with Gasteiger partial charge in [0, 0.05) is 19.7 Å². The molecule has 5 nitrogen and oxygen atoms in total. The fraction of sp³-hybridized carbons (Fsp3) is 0.467. The van der Waals surface area contributed by atoms with Crippen LogP contribution in [0.25, 0.3) is 0 Å². The number of nitrogens with zero attached hydrogens (tertiary/aromatic N) is 1. The molecule has 0 radical (unpaired) electrons. The molecule has 1 atom stereocenters. The number of rotatable bonds is 7. The van der Waals surface area contributed by atoms with Gasteiger partial charge in [0.25, 0.3) is 5.91 Å². The van der Waals surface area contributed by atoms with Gasteiger partial charge in [-0.3, -0.25) is 9.59 Å². The second kappa shape index (κ2) is 6.52. The molecular formula is C15H19NO4. The topological polar surface area (TPSA) is 66.8 Å². The second-order valence-electron chi connectivity index (χ2n) is 4.93. The number of amides is 1. The first-order valence-electron chi connectivity index (χ1n) is 6.73. The number of aliphatic carboxylic acids is 1. The van der Waals surface area contributed by atoms with Gasteiger partial charge in [-0.15, -0.1) is 0 Å². The van der Waals surface area contributed by atoms with E-state index < -0.39 is 12.1 Å². The normalized spacial score (nSPS) is 15.7. The molecule has 1 aliphatic rings. The monoisotopic (exact) mass is 277 g/mol. The van der Waals surface area contributed by atoms with Crippen molar-refractivity contribution in [2.75, 3.05) is 13.7 Å². The molecule has 20 heavy (non-hydrogen) atoms. The van der Waals surface area contributed by atoms with Crippen LogP contribution in [-0.4, -0.2) is 41.6 Å². The molecule has 1 fully saturated rings. The van der Waals surface area contributed by atoms with E-state index in [0.29, 0.717) is 0 Å². The van der Waals surface area contributed by atoms with Gasteiger partial charge in [-0.1, -0.05) is 30.3 Å². The Morgan fingerprint density at radius 2 is 2.00 bits per heavy atom. The van der Waals surface area contributed by atoms with Crippen LogP contribution in [0, 0.1) is 0 Å². The maximum atomic E-state index is 12.6. The Hall–Kier alpha value is -1.88. The lowest BCUT2D eigenvalue weighted by Crippen LogP contribution is -2.39. The van der Waals surface area contributed by atoms with Crippen LogP contribution in [0.5, 0.6) is 0 Å². The zero-order chi connectivity index (χ0) is 14.5. The molecule has 2 rings (SSSR count).